The molecule has 5 heteroatoms. The molecular formula is C21H26N4O. The number of nitrogens with one attached hydrogen (secondary N) is 1. The first-order valence-electron chi connectivity index (χ1n) is 9.69. The third kappa shape index (κ3) is 3.63. The fraction of sp³-hybridized carbons (Fsp3) is 0.476. The lowest BCUT2D eigenvalue weighted by atomic mass is 9.98. The van der Waals surface area contributed by atoms with Crippen molar-refractivity contribution < 1.29 is 4.79 Å². The molecule has 2 saturated heterocycles. The molecule has 0 saturated carbocycles. The zero-order valence-electron chi connectivity index (χ0n) is 15.1. The Labute approximate surface area is 154 Å². The van der Waals surface area contributed by atoms with Crippen molar-refractivity contribution in [3.05, 3.63) is 60.2 Å². The largest absolute Gasteiger partial charge is 0.329 e. The number of nitrogens with zero attached hydrogens (tertiary/aromatic N) is 3. The number of benzene rings is 1. The van der Waals surface area contributed by atoms with Crippen LogP contribution in [-0.4, -0.2) is 45.4 Å². The summed E-state index contributed by atoms with van der Waals surface area (Å²) < 4.78 is 0. The van der Waals surface area contributed by atoms with Crippen molar-refractivity contribution >= 4 is 5.91 Å². The Morgan fingerprint density at radius 3 is 2.85 bits per heavy atom. The molecular weight excluding hydrogens is 324 g/mol. The zero-order chi connectivity index (χ0) is 17.8. The Morgan fingerprint density at radius 1 is 1.15 bits per heavy atom. The molecule has 1 amide bonds. The molecule has 0 bridgehead atoms. The van der Waals surface area contributed by atoms with E-state index in [0.29, 0.717) is 11.7 Å². The van der Waals surface area contributed by atoms with E-state index in [9.17, 15) is 4.79 Å². The maximum absolute atomic E-state index is 13.3. The van der Waals surface area contributed by atoms with Crippen molar-refractivity contribution in [1.29, 1.82) is 0 Å². The van der Waals surface area contributed by atoms with Gasteiger partial charge in [0.25, 0.3) is 5.91 Å². The van der Waals surface area contributed by atoms with Crippen LogP contribution in [-0.2, 0) is 6.42 Å². The van der Waals surface area contributed by atoms with Gasteiger partial charge in [-0.2, -0.15) is 0 Å². The Balaban J connectivity index is 1.62. The number of amides is 1. The predicted molar refractivity (Wildman–Crippen MR) is 101 cm³/mol. The second-order valence-corrected chi connectivity index (χ2v) is 7.36. The molecule has 0 radical (unpaired) electrons. The summed E-state index contributed by atoms with van der Waals surface area (Å²) in [7, 11) is 0. The van der Waals surface area contributed by atoms with E-state index in [1.165, 1.54) is 24.8 Å². The molecule has 2 aliphatic heterocycles. The average Bonchev–Trinajstić information content (AvgIpc) is 2.99. The zero-order valence-corrected chi connectivity index (χ0v) is 15.1. The van der Waals surface area contributed by atoms with Crippen molar-refractivity contribution in [3.63, 3.8) is 0 Å². The Bertz CT molecular complexity index is 721. The number of carbonyl (C=O) groups is 1. The van der Waals surface area contributed by atoms with Crippen molar-refractivity contribution in [3.8, 4) is 0 Å². The van der Waals surface area contributed by atoms with Crippen LogP contribution in [0.4, 0.5) is 0 Å². The summed E-state index contributed by atoms with van der Waals surface area (Å²) in [4.78, 5) is 23.8. The van der Waals surface area contributed by atoms with Crippen LogP contribution in [0.2, 0.25) is 0 Å². The molecule has 5 nitrogen and oxygen atoms in total. The summed E-state index contributed by atoms with van der Waals surface area (Å²) in [6.07, 6.45) is 11.4. The lowest BCUT2D eigenvalue weighted by Gasteiger charge is -2.33. The van der Waals surface area contributed by atoms with Crippen LogP contribution in [0.5, 0.6) is 0 Å². The normalized spacial score (nSPS) is 26.0. The summed E-state index contributed by atoms with van der Waals surface area (Å²) in [5.74, 6) is 0.0221. The molecule has 1 N–H and O–H groups in total. The molecule has 136 valence electrons. The topological polar surface area (TPSA) is 58.1 Å². The van der Waals surface area contributed by atoms with Crippen molar-refractivity contribution in [2.75, 3.05) is 6.54 Å². The molecule has 2 aromatic rings. The molecule has 4 rings (SSSR count). The van der Waals surface area contributed by atoms with E-state index >= 15 is 0 Å². The summed E-state index contributed by atoms with van der Waals surface area (Å²) in [5.41, 5.74) is 1.73. The van der Waals surface area contributed by atoms with Gasteiger partial charge in [0.2, 0.25) is 0 Å². The summed E-state index contributed by atoms with van der Waals surface area (Å²) >= 11 is 0. The highest BCUT2D eigenvalue weighted by Crippen LogP contribution is 2.32. The monoisotopic (exact) mass is 350 g/mol. The van der Waals surface area contributed by atoms with Gasteiger partial charge in [-0.3, -0.25) is 9.78 Å². The van der Waals surface area contributed by atoms with Crippen LogP contribution in [0.15, 0.2) is 48.9 Å². The molecule has 2 fully saturated rings. The molecule has 0 spiro atoms. The Kier molecular flexibility index (Phi) is 5.25. The summed E-state index contributed by atoms with van der Waals surface area (Å²) in [5, 5.41) is 3.71. The van der Waals surface area contributed by atoms with Crippen LogP contribution in [0.25, 0.3) is 0 Å². The van der Waals surface area contributed by atoms with Crippen LogP contribution in [0, 0.1) is 0 Å². The number of aromatic nitrogens is 2. The molecule has 1 aromatic carbocycles. The lowest BCUT2D eigenvalue weighted by Crippen LogP contribution is -2.48. The van der Waals surface area contributed by atoms with Crippen molar-refractivity contribution in [1.82, 2.24) is 20.2 Å². The lowest BCUT2D eigenvalue weighted by molar-refractivity contribution is 0.0636. The third-order valence-electron chi connectivity index (χ3n) is 5.66. The minimum absolute atomic E-state index is 0.0221. The number of rotatable bonds is 3. The predicted octanol–water partition coefficient (Wildman–Crippen LogP) is 2.83. The third-order valence-corrected chi connectivity index (χ3v) is 5.66. The van der Waals surface area contributed by atoms with Gasteiger partial charge in [0.1, 0.15) is 5.69 Å². The van der Waals surface area contributed by atoms with Gasteiger partial charge in [-0.25, -0.2) is 4.98 Å². The number of hydrogen-bond donors (Lipinski definition) is 1. The molecule has 26 heavy (non-hydrogen) atoms. The quantitative estimate of drug-likeness (QED) is 0.925. The highest BCUT2D eigenvalue weighted by atomic mass is 16.2. The van der Waals surface area contributed by atoms with Crippen LogP contribution in [0.3, 0.4) is 0 Å². The summed E-state index contributed by atoms with van der Waals surface area (Å²) in [6, 6.07) is 11.3. The highest BCUT2D eigenvalue weighted by Gasteiger charge is 2.43. The molecule has 2 aliphatic rings. The number of hydrogen-bond acceptors (Lipinski definition) is 4. The molecule has 0 unspecified atom stereocenters. The van der Waals surface area contributed by atoms with E-state index in [1.54, 1.807) is 18.6 Å². The number of carbonyl (C=O) groups excluding carboxylic acids is 1. The maximum atomic E-state index is 13.3. The minimum Gasteiger partial charge on any atom is -0.329 e. The fourth-order valence-electron chi connectivity index (χ4n) is 4.46. The molecule has 1 aromatic heterocycles. The highest BCUT2D eigenvalue weighted by molar-refractivity contribution is 5.92. The fourth-order valence-corrected chi connectivity index (χ4v) is 4.46. The van der Waals surface area contributed by atoms with Crippen molar-refractivity contribution in [2.24, 2.45) is 0 Å². The van der Waals surface area contributed by atoms with E-state index in [1.807, 2.05) is 6.07 Å². The van der Waals surface area contributed by atoms with Gasteiger partial charge >= 0.3 is 0 Å². The second kappa shape index (κ2) is 7.96. The van der Waals surface area contributed by atoms with Gasteiger partial charge < -0.3 is 10.2 Å². The van der Waals surface area contributed by atoms with Gasteiger partial charge in [-0.05, 0) is 37.8 Å². The van der Waals surface area contributed by atoms with E-state index in [4.69, 9.17) is 0 Å². The van der Waals surface area contributed by atoms with Gasteiger partial charge in [-0.1, -0.05) is 43.2 Å². The molecule has 0 aliphatic carbocycles. The number of fused-ring (bicyclic) bond motifs is 1. The first kappa shape index (κ1) is 17.2. The van der Waals surface area contributed by atoms with E-state index in [0.717, 1.165) is 25.8 Å². The SMILES string of the molecule is O=C(c1cnccn1)N1[C@H](Cc2ccccc2)C[C@@H]2NCCCCC[C@H]21. The van der Waals surface area contributed by atoms with Gasteiger partial charge in [-0.15, -0.1) is 0 Å². The molecule has 3 atom stereocenters. The molecule has 3 heterocycles. The van der Waals surface area contributed by atoms with E-state index < -0.39 is 0 Å². The van der Waals surface area contributed by atoms with Crippen LogP contribution >= 0.6 is 0 Å². The van der Waals surface area contributed by atoms with Gasteiger partial charge in [0, 0.05) is 30.5 Å². The van der Waals surface area contributed by atoms with Gasteiger partial charge in [0.15, 0.2) is 0 Å². The Hall–Kier alpha value is -2.27. The number of likely N-dealkylation sites (tertiary alicyclic amines) is 1. The van der Waals surface area contributed by atoms with E-state index in [-0.39, 0.29) is 18.0 Å². The van der Waals surface area contributed by atoms with Gasteiger partial charge in [0.05, 0.1) is 6.20 Å². The average molecular weight is 350 g/mol. The summed E-state index contributed by atoms with van der Waals surface area (Å²) in [6.45, 7) is 1.05. The Morgan fingerprint density at radius 2 is 2.04 bits per heavy atom. The van der Waals surface area contributed by atoms with Crippen LogP contribution in [0.1, 0.15) is 48.2 Å². The van der Waals surface area contributed by atoms with E-state index in [2.05, 4.69) is 44.5 Å². The maximum Gasteiger partial charge on any atom is 0.274 e. The van der Waals surface area contributed by atoms with Crippen molar-refractivity contribution in [2.45, 2.75) is 56.7 Å². The second-order valence-electron chi connectivity index (χ2n) is 7.36. The smallest absolute Gasteiger partial charge is 0.274 e. The van der Waals surface area contributed by atoms with Crippen LogP contribution < -0.4 is 5.32 Å². The first-order chi connectivity index (χ1) is 12.8. The first-order valence-corrected chi connectivity index (χ1v) is 9.69. The standard InChI is InChI=1S/C21H26N4O/c26-21(19-15-22-11-12-24-19)25-17(13-16-7-3-1-4-8-16)14-18-20(25)9-5-2-6-10-23-18/h1,3-4,7-8,11-12,15,17-18,20,23H,2,5-6,9-10,13-14H2/t17-,18+,20-/m1/s1. The minimum atomic E-state index is 0.0221.